The number of hydrogen-bond donors (Lipinski definition) is 2. The molecule has 0 spiro atoms. The number of amides is 2. The number of halogens is 2. The van der Waals surface area contributed by atoms with Crippen LogP contribution in [0.2, 0.25) is 10.0 Å². The van der Waals surface area contributed by atoms with Gasteiger partial charge >= 0.3 is 0 Å². The molecular formula is C26H24Cl2N4O3S. The molecule has 2 aromatic carbocycles. The van der Waals surface area contributed by atoms with Gasteiger partial charge in [-0.1, -0.05) is 47.8 Å². The molecule has 0 saturated carbocycles. The maximum atomic E-state index is 13.5. The Bertz CT molecular complexity index is 1560. The maximum absolute atomic E-state index is 13.5. The fourth-order valence-electron chi connectivity index (χ4n) is 4.02. The number of carbonyl (C=O) groups excluding carboxylic acids is 2. The zero-order valence-corrected chi connectivity index (χ0v) is 22.4. The van der Waals surface area contributed by atoms with Crippen LogP contribution < -0.4 is 16.2 Å². The number of aryl methyl sites for hydroxylation is 3. The van der Waals surface area contributed by atoms with Crippen molar-refractivity contribution in [3.8, 4) is 0 Å². The van der Waals surface area contributed by atoms with Crippen LogP contribution in [0, 0.1) is 20.8 Å². The molecule has 7 nitrogen and oxygen atoms in total. The third kappa shape index (κ3) is 5.02. The van der Waals surface area contributed by atoms with Gasteiger partial charge in [0.15, 0.2) is 0 Å². The molecule has 0 saturated heterocycles. The molecule has 4 aromatic rings. The molecule has 0 aliphatic carbocycles. The van der Waals surface area contributed by atoms with Crippen molar-refractivity contribution in [2.75, 3.05) is 10.6 Å². The first-order valence-corrected chi connectivity index (χ1v) is 12.8. The molecule has 10 heteroatoms. The number of rotatable bonds is 6. The molecule has 2 N–H and O–H groups in total. The van der Waals surface area contributed by atoms with Gasteiger partial charge in [0.1, 0.15) is 10.9 Å². The lowest BCUT2D eigenvalue weighted by atomic mass is 10.1. The Kier molecular flexibility index (Phi) is 7.49. The highest BCUT2D eigenvalue weighted by Crippen LogP contribution is 2.30. The van der Waals surface area contributed by atoms with Gasteiger partial charge in [0.25, 0.3) is 11.5 Å². The molecule has 0 fully saturated rings. The first-order chi connectivity index (χ1) is 17.1. The van der Waals surface area contributed by atoms with Crippen LogP contribution in [0.4, 0.5) is 11.4 Å². The van der Waals surface area contributed by atoms with Crippen molar-refractivity contribution in [1.82, 2.24) is 9.55 Å². The summed E-state index contributed by atoms with van der Waals surface area (Å²) in [7, 11) is 0. The molecule has 0 aliphatic rings. The van der Waals surface area contributed by atoms with Gasteiger partial charge in [0.2, 0.25) is 5.91 Å². The predicted octanol–water partition coefficient (Wildman–Crippen LogP) is 6.53. The van der Waals surface area contributed by atoms with Crippen molar-refractivity contribution in [3.63, 3.8) is 0 Å². The second kappa shape index (κ2) is 10.4. The van der Waals surface area contributed by atoms with Gasteiger partial charge in [0.05, 0.1) is 27.3 Å². The van der Waals surface area contributed by atoms with Gasteiger partial charge in [-0.2, -0.15) is 0 Å². The van der Waals surface area contributed by atoms with E-state index >= 15 is 0 Å². The van der Waals surface area contributed by atoms with E-state index in [-0.39, 0.29) is 11.5 Å². The van der Waals surface area contributed by atoms with Crippen LogP contribution in [0.15, 0.2) is 47.5 Å². The number of fused-ring (bicyclic) bond motifs is 1. The van der Waals surface area contributed by atoms with Crippen molar-refractivity contribution >= 4 is 67.9 Å². The number of thiophene rings is 1. The van der Waals surface area contributed by atoms with Gasteiger partial charge in [-0.05, 0) is 62.6 Å². The highest BCUT2D eigenvalue weighted by atomic mass is 35.5. The van der Waals surface area contributed by atoms with E-state index in [1.165, 1.54) is 17.0 Å². The first-order valence-electron chi connectivity index (χ1n) is 11.3. The number of hydrogen-bond acceptors (Lipinski definition) is 5. The molecular weight excluding hydrogens is 519 g/mol. The summed E-state index contributed by atoms with van der Waals surface area (Å²) < 4.78 is 1.30. The average molecular weight is 543 g/mol. The Morgan fingerprint density at radius 2 is 1.78 bits per heavy atom. The van der Waals surface area contributed by atoms with Crippen molar-refractivity contribution in [2.45, 2.75) is 40.2 Å². The third-order valence-electron chi connectivity index (χ3n) is 5.93. The smallest absolute Gasteiger partial charge is 0.266 e. The average Bonchev–Trinajstić information content (AvgIpc) is 3.16. The summed E-state index contributed by atoms with van der Waals surface area (Å²) in [6.07, 6.45) is 1.69. The second-order valence-electron chi connectivity index (χ2n) is 8.50. The summed E-state index contributed by atoms with van der Waals surface area (Å²) in [5, 5.41) is 6.75. The number of nitrogens with one attached hydrogen (secondary N) is 2. The molecule has 2 heterocycles. The predicted molar refractivity (Wildman–Crippen MR) is 147 cm³/mol. The summed E-state index contributed by atoms with van der Waals surface area (Å²) in [6.45, 7) is 7.43. The molecule has 36 heavy (non-hydrogen) atoms. The third-order valence-corrected chi connectivity index (χ3v) is 7.67. The lowest BCUT2D eigenvalue weighted by Gasteiger charge is -2.18. The minimum atomic E-state index is -0.826. The van der Waals surface area contributed by atoms with Gasteiger partial charge in [-0.25, -0.2) is 4.98 Å². The van der Waals surface area contributed by atoms with E-state index in [9.17, 15) is 14.4 Å². The van der Waals surface area contributed by atoms with Crippen molar-refractivity contribution in [3.05, 3.63) is 84.7 Å². The van der Waals surface area contributed by atoms with E-state index in [1.807, 2.05) is 32.0 Å². The SMILES string of the molecule is CCC(C(=O)Nc1ccc(Cl)cc1Cl)n1cnc2sc(C(=O)Nc3ccc(C)cc3C)c(C)c2c1=O. The van der Waals surface area contributed by atoms with E-state index < -0.39 is 11.9 Å². The lowest BCUT2D eigenvalue weighted by Crippen LogP contribution is -2.33. The lowest BCUT2D eigenvalue weighted by molar-refractivity contribution is -0.119. The molecule has 1 atom stereocenters. The van der Waals surface area contributed by atoms with Crippen LogP contribution in [0.3, 0.4) is 0 Å². The number of carbonyl (C=O) groups is 2. The van der Waals surface area contributed by atoms with Crippen LogP contribution in [-0.4, -0.2) is 21.4 Å². The number of aromatic nitrogens is 2. The standard InChI is InChI=1S/C26H24Cl2N4O3S/c1-5-20(23(33)31-19-9-7-16(27)11-17(19)28)32-12-29-25-21(26(32)35)15(4)22(36-25)24(34)30-18-8-6-13(2)10-14(18)3/h6-12,20H,5H2,1-4H3,(H,30,34)(H,31,33). The topological polar surface area (TPSA) is 93.1 Å². The molecule has 1 unspecified atom stereocenters. The fourth-order valence-corrected chi connectivity index (χ4v) is 5.51. The van der Waals surface area contributed by atoms with Crippen LogP contribution in [0.25, 0.3) is 10.2 Å². The highest BCUT2D eigenvalue weighted by Gasteiger charge is 2.25. The number of anilines is 2. The quantitative estimate of drug-likeness (QED) is 0.289. The highest BCUT2D eigenvalue weighted by molar-refractivity contribution is 7.20. The summed E-state index contributed by atoms with van der Waals surface area (Å²) in [4.78, 5) is 44.9. The Morgan fingerprint density at radius 1 is 1.06 bits per heavy atom. The molecule has 4 rings (SSSR count). The first kappa shape index (κ1) is 25.9. The fraction of sp³-hybridized carbons (Fsp3) is 0.231. The van der Waals surface area contributed by atoms with E-state index in [4.69, 9.17) is 23.2 Å². The number of nitrogens with zero attached hydrogens (tertiary/aromatic N) is 2. The minimum Gasteiger partial charge on any atom is -0.323 e. The summed E-state index contributed by atoms with van der Waals surface area (Å²) >= 11 is 13.3. The molecule has 2 amide bonds. The largest absolute Gasteiger partial charge is 0.323 e. The Labute approximate surface area is 222 Å². The number of benzene rings is 2. The Balaban J connectivity index is 1.66. The van der Waals surface area contributed by atoms with E-state index in [1.54, 1.807) is 26.0 Å². The zero-order valence-electron chi connectivity index (χ0n) is 20.1. The normalized spacial score (nSPS) is 11.9. The summed E-state index contributed by atoms with van der Waals surface area (Å²) in [5.74, 6) is -0.721. The Hall–Kier alpha value is -3.20. The summed E-state index contributed by atoms with van der Waals surface area (Å²) in [6, 6.07) is 9.68. The second-order valence-corrected chi connectivity index (χ2v) is 10.3. The van der Waals surface area contributed by atoms with Gasteiger partial charge in [-0.3, -0.25) is 19.0 Å². The van der Waals surface area contributed by atoms with Gasteiger partial charge < -0.3 is 10.6 Å². The molecule has 2 aromatic heterocycles. The molecule has 0 radical (unpaired) electrons. The van der Waals surface area contributed by atoms with Crippen molar-refractivity contribution in [1.29, 1.82) is 0 Å². The van der Waals surface area contributed by atoms with Crippen LogP contribution >= 0.6 is 34.5 Å². The monoisotopic (exact) mass is 542 g/mol. The van der Waals surface area contributed by atoms with Crippen molar-refractivity contribution < 1.29 is 9.59 Å². The zero-order chi connectivity index (χ0) is 26.1. The van der Waals surface area contributed by atoms with Gasteiger partial charge in [0, 0.05) is 10.7 Å². The van der Waals surface area contributed by atoms with Crippen LogP contribution in [-0.2, 0) is 4.79 Å². The van der Waals surface area contributed by atoms with Crippen LogP contribution in [0.1, 0.15) is 45.7 Å². The van der Waals surface area contributed by atoms with E-state index in [2.05, 4.69) is 15.6 Å². The maximum Gasteiger partial charge on any atom is 0.266 e. The molecule has 0 bridgehead atoms. The van der Waals surface area contributed by atoms with E-state index in [0.29, 0.717) is 48.5 Å². The molecule has 0 aliphatic heterocycles. The summed E-state index contributed by atoms with van der Waals surface area (Å²) in [5.41, 5.74) is 3.28. The van der Waals surface area contributed by atoms with E-state index in [0.717, 1.165) is 22.5 Å². The van der Waals surface area contributed by atoms with Crippen LogP contribution in [0.5, 0.6) is 0 Å². The minimum absolute atomic E-state index is 0.291. The Morgan fingerprint density at radius 3 is 2.44 bits per heavy atom. The molecule has 186 valence electrons. The van der Waals surface area contributed by atoms with Gasteiger partial charge in [-0.15, -0.1) is 11.3 Å². The van der Waals surface area contributed by atoms with Crippen molar-refractivity contribution in [2.24, 2.45) is 0 Å².